The van der Waals surface area contributed by atoms with E-state index >= 15 is 0 Å². The molecule has 11 heavy (non-hydrogen) atoms. The Morgan fingerprint density at radius 2 is 2.18 bits per heavy atom. The van der Waals surface area contributed by atoms with Crippen LogP contribution in [-0.4, -0.2) is 16.9 Å². The Hall–Kier alpha value is -0.512. The van der Waals surface area contributed by atoms with Gasteiger partial charge >= 0.3 is 77.1 Å². The van der Waals surface area contributed by atoms with E-state index in [0.29, 0.717) is 9.37 Å². The zero-order valence-corrected chi connectivity index (χ0v) is 7.94. The number of nitrogens with zero attached hydrogens (tertiary/aromatic N) is 1. The SMILES string of the molecule is N#Cc1c(F)ccc(Cl)c1[As]. The van der Waals surface area contributed by atoms with E-state index < -0.39 is 5.82 Å². The summed E-state index contributed by atoms with van der Waals surface area (Å²) in [6.45, 7) is 0. The van der Waals surface area contributed by atoms with Gasteiger partial charge in [-0.2, -0.15) is 0 Å². The second-order valence-corrected chi connectivity index (χ2v) is 3.21. The van der Waals surface area contributed by atoms with E-state index in [2.05, 4.69) is 16.9 Å². The van der Waals surface area contributed by atoms with E-state index in [-0.39, 0.29) is 5.56 Å². The number of hydrogen-bond acceptors (Lipinski definition) is 1. The number of nitriles is 1. The Balaban J connectivity index is 3.44. The predicted molar refractivity (Wildman–Crippen MR) is 41.5 cm³/mol. The molecule has 2 radical (unpaired) electrons. The van der Waals surface area contributed by atoms with Crippen LogP contribution in [0.2, 0.25) is 5.02 Å². The Morgan fingerprint density at radius 1 is 1.55 bits per heavy atom. The summed E-state index contributed by atoms with van der Waals surface area (Å²) in [6.07, 6.45) is 0. The van der Waals surface area contributed by atoms with Crippen LogP contribution in [0.4, 0.5) is 4.39 Å². The van der Waals surface area contributed by atoms with Crippen molar-refractivity contribution >= 4 is 32.8 Å². The minimum atomic E-state index is -0.535. The molecule has 0 saturated carbocycles. The molecule has 0 fully saturated rings. The van der Waals surface area contributed by atoms with Gasteiger partial charge in [0.05, 0.1) is 0 Å². The van der Waals surface area contributed by atoms with Crippen LogP contribution in [0.3, 0.4) is 0 Å². The van der Waals surface area contributed by atoms with Crippen LogP contribution in [0.15, 0.2) is 12.1 Å². The fourth-order valence-electron chi connectivity index (χ4n) is 0.647. The molecule has 1 nitrogen and oxygen atoms in total. The molecular formula is C7H2AsClFN. The number of benzene rings is 1. The zero-order chi connectivity index (χ0) is 8.43. The van der Waals surface area contributed by atoms with Crippen molar-refractivity contribution in [3.63, 3.8) is 0 Å². The van der Waals surface area contributed by atoms with Crippen LogP contribution in [0.25, 0.3) is 0 Å². The molecule has 0 atom stereocenters. The fraction of sp³-hybridized carbons (Fsp3) is 0. The van der Waals surface area contributed by atoms with Crippen molar-refractivity contribution in [1.29, 1.82) is 5.26 Å². The first kappa shape index (κ1) is 8.58. The van der Waals surface area contributed by atoms with Crippen LogP contribution in [0.5, 0.6) is 0 Å². The molecule has 0 aromatic heterocycles. The first-order valence-electron chi connectivity index (χ1n) is 2.74. The Bertz CT molecular complexity index is 332. The maximum atomic E-state index is 12.7. The van der Waals surface area contributed by atoms with Crippen molar-refractivity contribution < 1.29 is 4.39 Å². The van der Waals surface area contributed by atoms with Crippen molar-refractivity contribution in [1.82, 2.24) is 0 Å². The summed E-state index contributed by atoms with van der Waals surface area (Å²) in [6, 6.07) is 4.33. The summed E-state index contributed by atoms with van der Waals surface area (Å²) < 4.78 is 13.2. The van der Waals surface area contributed by atoms with Crippen molar-refractivity contribution in [2.24, 2.45) is 0 Å². The molecule has 0 saturated heterocycles. The molecule has 1 aromatic rings. The van der Waals surface area contributed by atoms with Crippen LogP contribution < -0.4 is 4.35 Å². The molecule has 0 aliphatic heterocycles. The van der Waals surface area contributed by atoms with E-state index in [1.165, 1.54) is 12.1 Å². The van der Waals surface area contributed by atoms with Gasteiger partial charge in [0.15, 0.2) is 0 Å². The van der Waals surface area contributed by atoms with E-state index in [4.69, 9.17) is 16.9 Å². The molecule has 0 aliphatic carbocycles. The number of rotatable bonds is 0. The molecule has 0 amide bonds. The first-order valence-corrected chi connectivity index (χ1v) is 4.05. The van der Waals surface area contributed by atoms with Crippen LogP contribution in [0, 0.1) is 17.1 Å². The summed E-state index contributed by atoms with van der Waals surface area (Å²) in [5, 5.41) is 8.86. The third-order valence-electron chi connectivity index (χ3n) is 1.19. The Labute approximate surface area is 77.3 Å². The first-order chi connectivity index (χ1) is 5.16. The second-order valence-electron chi connectivity index (χ2n) is 1.86. The second kappa shape index (κ2) is 3.26. The van der Waals surface area contributed by atoms with E-state index in [1.807, 2.05) is 0 Å². The molecule has 54 valence electrons. The van der Waals surface area contributed by atoms with Crippen molar-refractivity contribution in [2.45, 2.75) is 0 Å². The third kappa shape index (κ3) is 1.56. The van der Waals surface area contributed by atoms with Crippen LogP contribution >= 0.6 is 11.6 Å². The topological polar surface area (TPSA) is 23.8 Å². The summed E-state index contributed by atoms with van der Waals surface area (Å²) in [5.41, 5.74) is -0.00231. The number of halogens is 2. The Morgan fingerprint density at radius 3 is 2.64 bits per heavy atom. The van der Waals surface area contributed by atoms with Gasteiger partial charge < -0.3 is 0 Å². The maximum absolute atomic E-state index is 12.7. The van der Waals surface area contributed by atoms with E-state index in [1.54, 1.807) is 6.07 Å². The zero-order valence-electron chi connectivity index (χ0n) is 5.31. The van der Waals surface area contributed by atoms with Crippen molar-refractivity contribution in [3.8, 4) is 6.07 Å². The molecule has 1 rings (SSSR count). The van der Waals surface area contributed by atoms with Crippen LogP contribution in [0.1, 0.15) is 5.56 Å². The fourth-order valence-corrected chi connectivity index (χ4v) is 1.29. The summed E-state index contributed by atoms with van der Waals surface area (Å²) in [5.74, 6) is -0.535. The molecule has 0 N–H and O–H groups in total. The summed E-state index contributed by atoms with van der Waals surface area (Å²) in [7, 11) is 0. The molecule has 0 bridgehead atoms. The molecule has 0 spiro atoms. The molecule has 0 heterocycles. The third-order valence-corrected chi connectivity index (χ3v) is 2.77. The van der Waals surface area contributed by atoms with Gasteiger partial charge in [0.1, 0.15) is 0 Å². The monoisotopic (exact) mass is 229 g/mol. The summed E-state index contributed by atoms with van der Waals surface area (Å²) in [4.78, 5) is 0. The van der Waals surface area contributed by atoms with Gasteiger partial charge in [-0.15, -0.1) is 0 Å². The van der Waals surface area contributed by atoms with Gasteiger partial charge in [0.2, 0.25) is 0 Å². The predicted octanol–water partition coefficient (Wildman–Crippen LogP) is 1.14. The average Bonchev–Trinajstić information content (AvgIpc) is 1.99. The van der Waals surface area contributed by atoms with Crippen molar-refractivity contribution in [3.05, 3.63) is 28.5 Å². The van der Waals surface area contributed by atoms with Gasteiger partial charge in [-0.05, 0) is 0 Å². The quantitative estimate of drug-likeness (QED) is 0.612. The van der Waals surface area contributed by atoms with Gasteiger partial charge in [0, 0.05) is 0 Å². The molecular weight excluding hydrogens is 227 g/mol. The standard InChI is InChI=1S/C7H2AsClFN/c8-7-4(3-11)6(10)2-1-5(7)9/h1-2H. The van der Waals surface area contributed by atoms with E-state index in [0.717, 1.165) is 0 Å². The van der Waals surface area contributed by atoms with Crippen LogP contribution in [-0.2, 0) is 0 Å². The minimum absolute atomic E-state index is 0.00231. The number of hydrogen-bond donors (Lipinski definition) is 0. The normalized spacial score (nSPS) is 9.27. The van der Waals surface area contributed by atoms with E-state index in [9.17, 15) is 4.39 Å². The van der Waals surface area contributed by atoms with Crippen molar-refractivity contribution in [2.75, 3.05) is 0 Å². The van der Waals surface area contributed by atoms with Gasteiger partial charge in [-0.25, -0.2) is 0 Å². The van der Waals surface area contributed by atoms with Gasteiger partial charge in [-0.1, -0.05) is 0 Å². The summed E-state index contributed by atoms with van der Waals surface area (Å²) >= 11 is 7.71. The molecule has 0 aliphatic rings. The Kier molecular flexibility index (Phi) is 2.54. The molecule has 0 unspecified atom stereocenters. The molecule has 1 aromatic carbocycles. The van der Waals surface area contributed by atoms with Gasteiger partial charge in [-0.3, -0.25) is 0 Å². The van der Waals surface area contributed by atoms with Gasteiger partial charge in [0.25, 0.3) is 0 Å². The average molecular weight is 229 g/mol. The molecule has 4 heteroatoms.